The topological polar surface area (TPSA) is 35.6 Å². The highest BCUT2D eigenvalue weighted by Gasteiger charge is 2.27. The molecule has 0 aromatic heterocycles. The minimum atomic E-state index is 0.161. The highest BCUT2D eigenvalue weighted by Crippen LogP contribution is 2.27. The van der Waals surface area contributed by atoms with Crippen molar-refractivity contribution < 1.29 is 4.79 Å². The first-order chi connectivity index (χ1) is 10.2. The number of carbonyl (C=O) groups excluding carboxylic acids is 1. The highest BCUT2D eigenvalue weighted by molar-refractivity contribution is 6.00. The van der Waals surface area contributed by atoms with E-state index in [2.05, 4.69) is 35.3 Å². The van der Waals surface area contributed by atoms with Crippen molar-refractivity contribution in [3.63, 3.8) is 0 Å². The number of carbonyl (C=O) groups is 1. The molecule has 0 unspecified atom stereocenters. The number of likely N-dealkylation sites (N-methyl/N-ethyl adjacent to an activating group) is 1. The lowest BCUT2D eigenvalue weighted by molar-refractivity contribution is 0.0744. The molecule has 2 aliphatic heterocycles. The van der Waals surface area contributed by atoms with E-state index in [1.807, 2.05) is 11.9 Å². The molecule has 1 aromatic rings. The number of amides is 1. The Bertz CT molecular complexity index is 517. The second kappa shape index (κ2) is 6.06. The van der Waals surface area contributed by atoms with Gasteiger partial charge in [-0.05, 0) is 44.9 Å². The molecule has 21 heavy (non-hydrogen) atoms. The number of nitrogens with zero attached hydrogens (tertiary/aromatic N) is 2. The molecule has 4 heteroatoms. The van der Waals surface area contributed by atoms with Crippen molar-refractivity contribution in [2.45, 2.75) is 32.2 Å². The molecule has 2 aliphatic rings. The summed E-state index contributed by atoms with van der Waals surface area (Å²) in [6, 6.07) is 6.61. The molecular formula is C17H25N3O. The van der Waals surface area contributed by atoms with Gasteiger partial charge in [-0.1, -0.05) is 11.6 Å². The van der Waals surface area contributed by atoms with Crippen molar-refractivity contribution in [2.24, 2.45) is 0 Å². The van der Waals surface area contributed by atoms with Gasteiger partial charge in [0.25, 0.3) is 5.91 Å². The fourth-order valence-electron chi connectivity index (χ4n) is 3.38. The van der Waals surface area contributed by atoms with Gasteiger partial charge >= 0.3 is 0 Å². The van der Waals surface area contributed by atoms with Crippen LogP contribution in [-0.2, 0) is 0 Å². The summed E-state index contributed by atoms with van der Waals surface area (Å²) >= 11 is 0. The molecule has 1 N–H and O–H groups in total. The maximum atomic E-state index is 12.9. The predicted molar refractivity (Wildman–Crippen MR) is 86.0 cm³/mol. The van der Waals surface area contributed by atoms with Crippen LogP contribution >= 0.6 is 0 Å². The molecule has 0 saturated carbocycles. The molecule has 2 fully saturated rings. The Kier molecular flexibility index (Phi) is 4.15. The van der Waals surface area contributed by atoms with E-state index in [9.17, 15) is 4.79 Å². The van der Waals surface area contributed by atoms with Crippen LogP contribution in [-0.4, -0.2) is 50.1 Å². The molecule has 0 spiro atoms. The summed E-state index contributed by atoms with van der Waals surface area (Å²) in [6.07, 6.45) is 3.50. The molecule has 4 nitrogen and oxygen atoms in total. The van der Waals surface area contributed by atoms with Gasteiger partial charge in [-0.3, -0.25) is 4.79 Å². The van der Waals surface area contributed by atoms with Crippen LogP contribution in [0.2, 0.25) is 0 Å². The predicted octanol–water partition coefficient (Wildman–Crippen LogP) is 2.03. The molecule has 2 saturated heterocycles. The van der Waals surface area contributed by atoms with Crippen LogP contribution in [0.1, 0.15) is 35.2 Å². The fraction of sp³-hybridized carbons (Fsp3) is 0.588. The van der Waals surface area contributed by atoms with E-state index in [0.717, 1.165) is 49.4 Å². The van der Waals surface area contributed by atoms with Crippen LogP contribution < -0.4 is 10.2 Å². The molecule has 1 aromatic carbocycles. The summed E-state index contributed by atoms with van der Waals surface area (Å²) < 4.78 is 0. The van der Waals surface area contributed by atoms with E-state index in [4.69, 9.17) is 0 Å². The lowest BCUT2D eigenvalue weighted by Gasteiger charge is -2.27. The first kappa shape index (κ1) is 14.4. The van der Waals surface area contributed by atoms with E-state index in [1.165, 1.54) is 12.8 Å². The molecule has 1 amide bonds. The fourth-order valence-corrected chi connectivity index (χ4v) is 3.38. The van der Waals surface area contributed by atoms with Crippen molar-refractivity contribution in [3.8, 4) is 0 Å². The summed E-state index contributed by atoms with van der Waals surface area (Å²) in [7, 11) is 1.94. The minimum absolute atomic E-state index is 0.161. The Morgan fingerprint density at radius 2 is 2.10 bits per heavy atom. The number of benzene rings is 1. The van der Waals surface area contributed by atoms with E-state index in [0.29, 0.717) is 6.04 Å². The van der Waals surface area contributed by atoms with Crippen molar-refractivity contribution in [2.75, 3.05) is 38.1 Å². The Balaban J connectivity index is 1.88. The molecule has 0 bridgehead atoms. The lowest BCUT2D eigenvalue weighted by Crippen LogP contribution is -2.39. The molecule has 3 rings (SSSR count). The minimum Gasteiger partial charge on any atom is -0.371 e. The van der Waals surface area contributed by atoms with Gasteiger partial charge in [-0.15, -0.1) is 0 Å². The Labute approximate surface area is 127 Å². The van der Waals surface area contributed by atoms with Gasteiger partial charge in [-0.25, -0.2) is 0 Å². The third-order valence-electron chi connectivity index (χ3n) is 4.73. The van der Waals surface area contributed by atoms with Crippen molar-refractivity contribution in [1.29, 1.82) is 0 Å². The zero-order chi connectivity index (χ0) is 14.8. The largest absolute Gasteiger partial charge is 0.371 e. The lowest BCUT2D eigenvalue weighted by atomic mass is 10.1. The van der Waals surface area contributed by atoms with Crippen LogP contribution in [0, 0.1) is 6.92 Å². The van der Waals surface area contributed by atoms with Gasteiger partial charge < -0.3 is 15.1 Å². The van der Waals surface area contributed by atoms with Gasteiger partial charge in [0.05, 0.1) is 5.56 Å². The van der Waals surface area contributed by atoms with Gasteiger partial charge in [0.1, 0.15) is 0 Å². The summed E-state index contributed by atoms with van der Waals surface area (Å²) in [5.74, 6) is 0.161. The van der Waals surface area contributed by atoms with E-state index in [-0.39, 0.29) is 5.91 Å². The Hall–Kier alpha value is -1.55. The number of nitrogens with one attached hydrogen (secondary N) is 1. The molecule has 0 radical (unpaired) electrons. The van der Waals surface area contributed by atoms with Crippen LogP contribution in [0.3, 0.4) is 0 Å². The first-order valence-corrected chi connectivity index (χ1v) is 8.00. The second-order valence-corrected chi connectivity index (χ2v) is 6.28. The number of rotatable bonds is 3. The van der Waals surface area contributed by atoms with Gasteiger partial charge in [-0.2, -0.15) is 0 Å². The summed E-state index contributed by atoms with van der Waals surface area (Å²) in [4.78, 5) is 17.2. The van der Waals surface area contributed by atoms with Crippen LogP contribution in [0.25, 0.3) is 0 Å². The monoisotopic (exact) mass is 287 g/mol. The van der Waals surface area contributed by atoms with E-state index >= 15 is 0 Å². The van der Waals surface area contributed by atoms with Crippen LogP contribution in [0.15, 0.2) is 18.2 Å². The molecule has 114 valence electrons. The highest BCUT2D eigenvalue weighted by atomic mass is 16.2. The number of anilines is 1. The number of aryl methyl sites for hydroxylation is 1. The molecular weight excluding hydrogens is 262 g/mol. The molecule has 1 atom stereocenters. The SMILES string of the molecule is Cc1ccc(N2CCCC2)c(C(=O)N(C)[C@@H]2CCNC2)c1. The Morgan fingerprint density at radius 1 is 1.33 bits per heavy atom. The van der Waals surface area contributed by atoms with Crippen molar-refractivity contribution >= 4 is 11.6 Å². The number of hydrogen-bond acceptors (Lipinski definition) is 3. The van der Waals surface area contributed by atoms with Gasteiger partial charge in [0.2, 0.25) is 0 Å². The smallest absolute Gasteiger partial charge is 0.256 e. The second-order valence-electron chi connectivity index (χ2n) is 6.28. The maximum Gasteiger partial charge on any atom is 0.256 e. The summed E-state index contributed by atoms with van der Waals surface area (Å²) in [5.41, 5.74) is 3.13. The molecule has 2 heterocycles. The normalized spacial score (nSPS) is 21.8. The number of hydrogen-bond donors (Lipinski definition) is 1. The first-order valence-electron chi connectivity index (χ1n) is 8.00. The zero-order valence-electron chi connectivity index (χ0n) is 13.1. The third kappa shape index (κ3) is 2.91. The van der Waals surface area contributed by atoms with Crippen molar-refractivity contribution in [1.82, 2.24) is 10.2 Å². The molecule has 0 aliphatic carbocycles. The summed E-state index contributed by atoms with van der Waals surface area (Å²) in [5, 5.41) is 3.34. The zero-order valence-corrected chi connectivity index (χ0v) is 13.1. The van der Waals surface area contributed by atoms with Crippen molar-refractivity contribution in [3.05, 3.63) is 29.3 Å². The van der Waals surface area contributed by atoms with E-state index < -0.39 is 0 Å². The van der Waals surface area contributed by atoms with Gasteiger partial charge in [0, 0.05) is 38.4 Å². The quantitative estimate of drug-likeness (QED) is 0.924. The standard InChI is InChI=1S/C17H25N3O/c1-13-5-6-16(20-9-3-4-10-20)15(11-13)17(21)19(2)14-7-8-18-12-14/h5-6,11,14,18H,3-4,7-10,12H2,1-2H3/t14-/m1/s1. The van der Waals surface area contributed by atoms with Crippen LogP contribution in [0.4, 0.5) is 5.69 Å². The maximum absolute atomic E-state index is 12.9. The third-order valence-corrected chi connectivity index (χ3v) is 4.73. The summed E-state index contributed by atoms with van der Waals surface area (Å²) in [6.45, 7) is 6.11. The van der Waals surface area contributed by atoms with Gasteiger partial charge in [0.15, 0.2) is 0 Å². The van der Waals surface area contributed by atoms with E-state index in [1.54, 1.807) is 0 Å². The average molecular weight is 287 g/mol. The van der Waals surface area contributed by atoms with Crippen LogP contribution in [0.5, 0.6) is 0 Å². The Morgan fingerprint density at radius 3 is 2.76 bits per heavy atom. The average Bonchev–Trinajstić information content (AvgIpc) is 3.18.